The number of aryl methyl sites for hydroxylation is 1. The molecule has 3 aromatic rings. The van der Waals surface area contributed by atoms with Crippen LogP contribution < -0.4 is 5.73 Å². The summed E-state index contributed by atoms with van der Waals surface area (Å²) in [4.78, 5) is 5.17. The first-order valence-electron chi connectivity index (χ1n) is 5.80. The average Bonchev–Trinajstić information content (AvgIpc) is 3.00. The van der Waals surface area contributed by atoms with E-state index in [1.807, 2.05) is 35.6 Å². The highest BCUT2D eigenvalue weighted by Crippen LogP contribution is 2.23. The Kier molecular flexibility index (Phi) is 2.85. The Labute approximate surface area is 109 Å². The van der Waals surface area contributed by atoms with E-state index in [-0.39, 0.29) is 6.04 Å². The van der Waals surface area contributed by atoms with Crippen LogP contribution in [0.4, 0.5) is 0 Å². The molecule has 3 rings (SSSR count). The quantitative estimate of drug-likeness (QED) is 0.784. The predicted octanol–water partition coefficient (Wildman–Crippen LogP) is 2.27. The van der Waals surface area contributed by atoms with Crippen molar-refractivity contribution < 1.29 is 0 Å². The zero-order valence-corrected chi connectivity index (χ0v) is 10.9. The van der Waals surface area contributed by atoms with Gasteiger partial charge in [0, 0.05) is 36.0 Å². The molecular weight excluding hydrogens is 244 g/mol. The van der Waals surface area contributed by atoms with Crippen molar-refractivity contribution in [1.29, 1.82) is 0 Å². The van der Waals surface area contributed by atoms with Gasteiger partial charge in [0.05, 0.1) is 16.7 Å². The second-order valence-corrected chi connectivity index (χ2v) is 5.22. The molecule has 2 heterocycles. The fraction of sp³-hybridized carbons (Fsp3) is 0.231. The van der Waals surface area contributed by atoms with Gasteiger partial charge < -0.3 is 5.73 Å². The van der Waals surface area contributed by atoms with Gasteiger partial charge in [-0.05, 0) is 6.07 Å². The molecule has 0 aliphatic rings. The van der Waals surface area contributed by atoms with E-state index < -0.39 is 0 Å². The van der Waals surface area contributed by atoms with Gasteiger partial charge in [0.1, 0.15) is 0 Å². The minimum absolute atomic E-state index is 0.0317. The first-order chi connectivity index (χ1) is 8.75. The van der Waals surface area contributed by atoms with Crippen LogP contribution in [0.3, 0.4) is 0 Å². The van der Waals surface area contributed by atoms with Crippen LogP contribution in [0.2, 0.25) is 0 Å². The minimum atomic E-state index is -0.0317. The molecule has 0 bridgehead atoms. The average molecular weight is 258 g/mol. The molecular formula is C13H14N4S. The number of nitrogens with zero attached hydrogens (tertiary/aromatic N) is 3. The number of thiazole rings is 1. The van der Waals surface area contributed by atoms with Crippen LogP contribution in [0.1, 0.15) is 16.6 Å². The van der Waals surface area contributed by atoms with E-state index in [9.17, 15) is 0 Å². The number of nitrogens with two attached hydrogens (primary N) is 1. The molecule has 0 aliphatic heterocycles. The normalized spacial score (nSPS) is 13.0. The van der Waals surface area contributed by atoms with Crippen LogP contribution in [0.5, 0.6) is 0 Å². The highest BCUT2D eigenvalue weighted by Gasteiger charge is 2.14. The topological polar surface area (TPSA) is 56.7 Å². The largest absolute Gasteiger partial charge is 0.323 e. The zero-order chi connectivity index (χ0) is 12.5. The number of para-hydroxylation sites is 1. The molecule has 0 spiro atoms. The predicted molar refractivity (Wildman–Crippen MR) is 73.5 cm³/mol. The van der Waals surface area contributed by atoms with Gasteiger partial charge in [-0.2, -0.15) is 5.10 Å². The maximum atomic E-state index is 6.19. The SMILES string of the molecule is Cn1nc(CC(N)c2cncs2)c2ccccc21. The summed E-state index contributed by atoms with van der Waals surface area (Å²) in [6.45, 7) is 0. The van der Waals surface area contributed by atoms with Gasteiger partial charge in [-0.15, -0.1) is 11.3 Å². The Balaban J connectivity index is 1.96. The molecule has 0 radical (unpaired) electrons. The van der Waals surface area contributed by atoms with Crippen LogP contribution in [-0.4, -0.2) is 14.8 Å². The summed E-state index contributed by atoms with van der Waals surface area (Å²) in [5.74, 6) is 0. The molecule has 4 nitrogen and oxygen atoms in total. The fourth-order valence-corrected chi connectivity index (χ4v) is 2.78. The van der Waals surface area contributed by atoms with Crippen molar-refractivity contribution in [1.82, 2.24) is 14.8 Å². The van der Waals surface area contributed by atoms with Gasteiger partial charge >= 0.3 is 0 Å². The molecule has 0 saturated carbocycles. The molecule has 0 fully saturated rings. The lowest BCUT2D eigenvalue weighted by molar-refractivity contribution is 0.690. The summed E-state index contributed by atoms with van der Waals surface area (Å²) < 4.78 is 1.91. The van der Waals surface area contributed by atoms with Crippen LogP contribution in [-0.2, 0) is 13.5 Å². The van der Waals surface area contributed by atoms with Crippen molar-refractivity contribution in [3.63, 3.8) is 0 Å². The zero-order valence-electron chi connectivity index (χ0n) is 10.1. The van der Waals surface area contributed by atoms with Gasteiger partial charge in [0.2, 0.25) is 0 Å². The minimum Gasteiger partial charge on any atom is -0.323 e. The second kappa shape index (κ2) is 4.51. The van der Waals surface area contributed by atoms with Gasteiger partial charge in [0.25, 0.3) is 0 Å². The van der Waals surface area contributed by atoms with Crippen LogP contribution >= 0.6 is 11.3 Å². The van der Waals surface area contributed by atoms with E-state index in [1.165, 1.54) is 5.39 Å². The highest BCUT2D eigenvalue weighted by atomic mass is 32.1. The Morgan fingerprint density at radius 2 is 2.22 bits per heavy atom. The third kappa shape index (κ3) is 1.91. The molecule has 2 N–H and O–H groups in total. The number of benzene rings is 1. The maximum Gasteiger partial charge on any atom is 0.0794 e. The molecule has 0 saturated heterocycles. The van der Waals surface area contributed by atoms with Gasteiger partial charge in [-0.1, -0.05) is 18.2 Å². The van der Waals surface area contributed by atoms with Crippen LogP contribution in [0.25, 0.3) is 10.9 Å². The van der Waals surface area contributed by atoms with Crippen molar-refractivity contribution in [2.24, 2.45) is 12.8 Å². The summed E-state index contributed by atoms with van der Waals surface area (Å²) in [5, 5.41) is 5.74. The monoisotopic (exact) mass is 258 g/mol. The molecule has 2 aromatic heterocycles. The number of hydrogen-bond acceptors (Lipinski definition) is 4. The van der Waals surface area contributed by atoms with E-state index in [1.54, 1.807) is 11.3 Å². The lowest BCUT2D eigenvalue weighted by atomic mass is 10.1. The lowest BCUT2D eigenvalue weighted by Gasteiger charge is -2.06. The third-order valence-electron chi connectivity index (χ3n) is 3.06. The molecule has 1 aromatic carbocycles. The van der Waals surface area contributed by atoms with Crippen LogP contribution in [0, 0.1) is 0 Å². The number of hydrogen-bond donors (Lipinski definition) is 1. The molecule has 5 heteroatoms. The molecule has 0 amide bonds. The Morgan fingerprint density at radius 1 is 1.39 bits per heavy atom. The van der Waals surface area contributed by atoms with E-state index in [4.69, 9.17) is 5.73 Å². The Hall–Kier alpha value is -1.72. The summed E-state index contributed by atoms with van der Waals surface area (Å²) in [7, 11) is 1.96. The molecule has 1 atom stereocenters. The first-order valence-corrected chi connectivity index (χ1v) is 6.68. The lowest BCUT2D eigenvalue weighted by Crippen LogP contribution is -2.12. The van der Waals surface area contributed by atoms with E-state index in [0.29, 0.717) is 0 Å². The second-order valence-electron chi connectivity index (χ2n) is 4.30. The maximum absolute atomic E-state index is 6.19. The van der Waals surface area contributed by atoms with Crippen molar-refractivity contribution in [3.8, 4) is 0 Å². The summed E-state index contributed by atoms with van der Waals surface area (Å²) >= 11 is 1.59. The highest BCUT2D eigenvalue weighted by molar-refractivity contribution is 7.09. The van der Waals surface area contributed by atoms with Gasteiger partial charge in [0.15, 0.2) is 0 Å². The summed E-state index contributed by atoms with van der Waals surface area (Å²) in [5.41, 5.74) is 10.2. The van der Waals surface area contributed by atoms with Crippen molar-refractivity contribution in [3.05, 3.63) is 46.5 Å². The van der Waals surface area contributed by atoms with Crippen molar-refractivity contribution >= 4 is 22.2 Å². The van der Waals surface area contributed by atoms with E-state index in [2.05, 4.69) is 22.2 Å². The fourth-order valence-electron chi connectivity index (χ4n) is 2.16. The number of fused-ring (bicyclic) bond motifs is 1. The van der Waals surface area contributed by atoms with Crippen molar-refractivity contribution in [2.45, 2.75) is 12.5 Å². The Morgan fingerprint density at radius 3 is 3.00 bits per heavy atom. The van der Waals surface area contributed by atoms with Crippen molar-refractivity contribution in [2.75, 3.05) is 0 Å². The summed E-state index contributed by atoms with van der Waals surface area (Å²) in [6.07, 6.45) is 2.57. The van der Waals surface area contributed by atoms with Gasteiger partial charge in [-0.25, -0.2) is 0 Å². The van der Waals surface area contributed by atoms with E-state index >= 15 is 0 Å². The molecule has 18 heavy (non-hydrogen) atoms. The summed E-state index contributed by atoms with van der Waals surface area (Å²) in [6, 6.07) is 8.19. The third-order valence-corrected chi connectivity index (χ3v) is 3.97. The molecule has 1 unspecified atom stereocenters. The standard InChI is InChI=1S/C13H14N4S/c1-17-12-5-3-2-4-9(12)11(16-17)6-10(14)13-7-15-8-18-13/h2-5,7-8,10H,6,14H2,1H3. The van der Waals surface area contributed by atoms with Gasteiger partial charge in [-0.3, -0.25) is 9.67 Å². The molecule has 92 valence electrons. The molecule has 0 aliphatic carbocycles. The first kappa shape index (κ1) is 11.4. The number of aromatic nitrogens is 3. The Bertz CT molecular complexity index is 657. The van der Waals surface area contributed by atoms with E-state index in [0.717, 1.165) is 22.5 Å². The van der Waals surface area contributed by atoms with Crippen LogP contribution in [0.15, 0.2) is 36.0 Å². The number of rotatable bonds is 3. The smallest absolute Gasteiger partial charge is 0.0794 e.